The molecule has 14 heavy (non-hydrogen) atoms. The van der Waals surface area contributed by atoms with E-state index in [0.717, 1.165) is 5.92 Å². The van der Waals surface area contributed by atoms with Crippen molar-refractivity contribution in [1.29, 1.82) is 0 Å². The van der Waals surface area contributed by atoms with Crippen LogP contribution in [0.3, 0.4) is 0 Å². The molecule has 3 heteroatoms. The molecule has 1 aliphatic heterocycles. The lowest BCUT2D eigenvalue weighted by Crippen LogP contribution is -2.26. The van der Waals surface area contributed by atoms with Crippen molar-refractivity contribution in [3.63, 3.8) is 0 Å². The van der Waals surface area contributed by atoms with Gasteiger partial charge in [-0.05, 0) is 18.8 Å². The third kappa shape index (κ3) is 2.41. The SMILES string of the molecule is CC1CCC(C2OCC(CCl)O2)CC1. The van der Waals surface area contributed by atoms with Gasteiger partial charge in [0.05, 0.1) is 18.6 Å². The molecule has 1 aliphatic carbocycles. The van der Waals surface area contributed by atoms with Crippen LogP contribution in [0.5, 0.6) is 0 Å². The van der Waals surface area contributed by atoms with Gasteiger partial charge in [-0.15, -0.1) is 11.6 Å². The van der Waals surface area contributed by atoms with Gasteiger partial charge in [-0.2, -0.15) is 0 Å². The molecule has 0 aromatic heterocycles. The minimum Gasteiger partial charge on any atom is -0.350 e. The summed E-state index contributed by atoms with van der Waals surface area (Å²) in [7, 11) is 0. The second-order valence-electron chi connectivity index (χ2n) is 4.63. The molecule has 1 heterocycles. The van der Waals surface area contributed by atoms with E-state index in [1.165, 1.54) is 25.7 Å². The Labute approximate surface area is 90.9 Å². The second kappa shape index (κ2) is 4.82. The number of ether oxygens (including phenoxy) is 2. The molecular weight excluding hydrogens is 200 g/mol. The normalized spacial score (nSPS) is 44.1. The Morgan fingerprint density at radius 1 is 1.21 bits per heavy atom. The van der Waals surface area contributed by atoms with E-state index in [1.807, 2.05) is 0 Å². The summed E-state index contributed by atoms with van der Waals surface area (Å²) in [4.78, 5) is 0. The van der Waals surface area contributed by atoms with Crippen molar-refractivity contribution in [2.24, 2.45) is 11.8 Å². The molecule has 0 N–H and O–H groups in total. The second-order valence-corrected chi connectivity index (χ2v) is 4.94. The predicted molar refractivity (Wildman–Crippen MR) is 56.5 cm³/mol. The molecule has 2 unspecified atom stereocenters. The van der Waals surface area contributed by atoms with E-state index >= 15 is 0 Å². The Morgan fingerprint density at radius 3 is 2.50 bits per heavy atom. The van der Waals surface area contributed by atoms with Crippen LogP contribution >= 0.6 is 11.6 Å². The van der Waals surface area contributed by atoms with Crippen LogP contribution in [-0.4, -0.2) is 24.9 Å². The van der Waals surface area contributed by atoms with E-state index in [0.29, 0.717) is 18.4 Å². The zero-order valence-electron chi connectivity index (χ0n) is 8.75. The zero-order chi connectivity index (χ0) is 9.97. The summed E-state index contributed by atoms with van der Waals surface area (Å²) in [5, 5.41) is 0. The standard InChI is InChI=1S/C11H19ClO2/c1-8-2-4-9(5-3-8)11-13-7-10(6-12)14-11/h8-11H,2-7H2,1H3. The molecule has 0 radical (unpaired) electrons. The lowest BCUT2D eigenvalue weighted by molar-refractivity contribution is -0.104. The highest BCUT2D eigenvalue weighted by Crippen LogP contribution is 2.34. The average Bonchev–Trinajstić information content (AvgIpc) is 2.67. The fourth-order valence-electron chi connectivity index (χ4n) is 2.36. The number of halogens is 1. The maximum Gasteiger partial charge on any atom is 0.161 e. The molecule has 0 spiro atoms. The van der Waals surface area contributed by atoms with Crippen LogP contribution in [-0.2, 0) is 9.47 Å². The van der Waals surface area contributed by atoms with Gasteiger partial charge in [0.25, 0.3) is 0 Å². The first-order valence-electron chi connectivity index (χ1n) is 5.62. The Bertz CT molecular complexity index is 178. The first-order chi connectivity index (χ1) is 6.79. The van der Waals surface area contributed by atoms with Crippen molar-refractivity contribution >= 4 is 11.6 Å². The quantitative estimate of drug-likeness (QED) is 0.664. The van der Waals surface area contributed by atoms with Crippen molar-refractivity contribution in [3.05, 3.63) is 0 Å². The fraction of sp³-hybridized carbons (Fsp3) is 1.00. The van der Waals surface area contributed by atoms with Gasteiger partial charge in [0, 0.05) is 5.92 Å². The summed E-state index contributed by atoms with van der Waals surface area (Å²) >= 11 is 5.73. The van der Waals surface area contributed by atoms with Gasteiger partial charge >= 0.3 is 0 Å². The van der Waals surface area contributed by atoms with Crippen LogP contribution in [0, 0.1) is 11.8 Å². The van der Waals surface area contributed by atoms with Crippen molar-refractivity contribution in [1.82, 2.24) is 0 Å². The molecule has 1 saturated carbocycles. The van der Waals surface area contributed by atoms with E-state index in [-0.39, 0.29) is 12.4 Å². The van der Waals surface area contributed by atoms with Crippen molar-refractivity contribution < 1.29 is 9.47 Å². The van der Waals surface area contributed by atoms with Crippen LogP contribution < -0.4 is 0 Å². The highest BCUT2D eigenvalue weighted by atomic mass is 35.5. The minimum absolute atomic E-state index is 0.0336. The fourth-order valence-corrected chi connectivity index (χ4v) is 2.52. The summed E-state index contributed by atoms with van der Waals surface area (Å²) in [6.45, 7) is 3.01. The van der Waals surface area contributed by atoms with Crippen molar-refractivity contribution in [3.8, 4) is 0 Å². The van der Waals surface area contributed by atoms with E-state index in [2.05, 4.69) is 6.92 Å². The molecule has 0 amide bonds. The summed E-state index contributed by atoms with van der Waals surface area (Å²) in [5.74, 6) is 2.05. The monoisotopic (exact) mass is 218 g/mol. The third-order valence-corrected chi connectivity index (χ3v) is 3.73. The Kier molecular flexibility index (Phi) is 3.69. The van der Waals surface area contributed by atoms with E-state index in [1.54, 1.807) is 0 Å². The maximum atomic E-state index is 5.73. The molecule has 2 aliphatic rings. The predicted octanol–water partition coefficient (Wildman–Crippen LogP) is 2.79. The van der Waals surface area contributed by atoms with Crippen molar-refractivity contribution in [2.45, 2.75) is 45.0 Å². The zero-order valence-corrected chi connectivity index (χ0v) is 9.50. The molecule has 0 aromatic rings. The molecule has 2 fully saturated rings. The average molecular weight is 219 g/mol. The molecule has 0 aromatic carbocycles. The molecule has 2 atom stereocenters. The molecular formula is C11H19ClO2. The molecule has 82 valence electrons. The Hall–Kier alpha value is 0.210. The highest BCUT2D eigenvalue weighted by molar-refractivity contribution is 6.18. The molecule has 1 saturated heterocycles. The number of hydrogen-bond donors (Lipinski definition) is 0. The first kappa shape index (κ1) is 10.7. The van der Waals surface area contributed by atoms with Gasteiger partial charge in [-0.1, -0.05) is 19.8 Å². The van der Waals surface area contributed by atoms with Gasteiger partial charge in [0.2, 0.25) is 0 Å². The largest absolute Gasteiger partial charge is 0.350 e. The van der Waals surface area contributed by atoms with Gasteiger partial charge in [0.15, 0.2) is 6.29 Å². The van der Waals surface area contributed by atoms with Crippen LogP contribution in [0.25, 0.3) is 0 Å². The first-order valence-corrected chi connectivity index (χ1v) is 6.16. The van der Waals surface area contributed by atoms with Crippen LogP contribution in [0.4, 0.5) is 0 Å². The maximum absolute atomic E-state index is 5.73. The minimum atomic E-state index is 0.0336. The number of rotatable bonds is 2. The lowest BCUT2D eigenvalue weighted by atomic mass is 9.83. The summed E-state index contributed by atoms with van der Waals surface area (Å²) in [5.41, 5.74) is 0. The van der Waals surface area contributed by atoms with E-state index < -0.39 is 0 Å². The van der Waals surface area contributed by atoms with Gasteiger partial charge in [-0.3, -0.25) is 0 Å². The van der Waals surface area contributed by atoms with E-state index in [4.69, 9.17) is 21.1 Å². The Balaban J connectivity index is 1.79. The lowest BCUT2D eigenvalue weighted by Gasteiger charge is -2.29. The summed E-state index contributed by atoms with van der Waals surface area (Å²) < 4.78 is 11.4. The van der Waals surface area contributed by atoms with Crippen LogP contribution in [0.2, 0.25) is 0 Å². The molecule has 2 nitrogen and oxygen atoms in total. The summed E-state index contributed by atoms with van der Waals surface area (Å²) in [6.07, 6.45) is 5.30. The van der Waals surface area contributed by atoms with Gasteiger partial charge in [-0.25, -0.2) is 0 Å². The Morgan fingerprint density at radius 2 is 1.93 bits per heavy atom. The number of alkyl halides is 1. The van der Waals surface area contributed by atoms with Gasteiger partial charge < -0.3 is 9.47 Å². The topological polar surface area (TPSA) is 18.5 Å². The number of hydrogen-bond acceptors (Lipinski definition) is 2. The van der Waals surface area contributed by atoms with Gasteiger partial charge in [0.1, 0.15) is 0 Å². The van der Waals surface area contributed by atoms with Crippen molar-refractivity contribution in [2.75, 3.05) is 12.5 Å². The smallest absolute Gasteiger partial charge is 0.161 e. The van der Waals surface area contributed by atoms with E-state index in [9.17, 15) is 0 Å². The highest BCUT2D eigenvalue weighted by Gasteiger charge is 2.33. The third-order valence-electron chi connectivity index (χ3n) is 3.39. The molecule has 2 rings (SSSR count). The molecule has 0 bridgehead atoms. The summed E-state index contributed by atoms with van der Waals surface area (Å²) in [6, 6.07) is 0. The van der Waals surface area contributed by atoms with Crippen LogP contribution in [0.15, 0.2) is 0 Å². The van der Waals surface area contributed by atoms with Crippen LogP contribution in [0.1, 0.15) is 32.6 Å².